The smallest absolute Gasteiger partial charge is 0.223 e. The number of benzene rings is 1. The second-order valence-electron chi connectivity index (χ2n) is 7.17. The van der Waals surface area contributed by atoms with E-state index in [1.807, 2.05) is 29.0 Å². The molecule has 1 aliphatic rings. The first-order valence-electron chi connectivity index (χ1n) is 9.62. The van der Waals surface area contributed by atoms with Crippen molar-refractivity contribution < 1.29 is 4.79 Å². The van der Waals surface area contributed by atoms with Crippen LogP contribution in [0.3, 0.4) is 0 Å². The molecule has 27 heavy (non-hydrogen) atoms. The summed E-state index contributed by atoms with van der Waals surface area (Å²) in [6.07, 6.45) is 8.18. The van der Waals surface area contributed by atoms with Crippen molar-refractivity contribution in [1.82, 2.24) is 24.4 Å². The van der Waals surface area contributed by atoms with Crippen LogP contribution < -0.4 is 10.2 Å². The van der Waals surface area contributed by atoms with Crippen molar-refractivity contribution in [3.05, 3.63) is 43.0 Å². The number of anilines is 1. The fourth-order valence-electron chi connectivity index (χ4n) is 3.79. The van der Waals surface area contributed by atoms with E-state index in [0.29, 0.717) is 6.54 Å². The van der Waals surface area contributed by atoms with Crippen molar-refractivity contribution in [2.45, 2.75) is 25.8 Å². The number of amides is 1. The van der Waals surface area contributed by atoms with Gasteiger partial charge in [0.15, 0.2) is 0 Å². The molecule has 1 aromatic carbocycles. The molecule has 1 N–H and O–H groups in total. The predicted molar refractivity (Wildman–Crippen MR) is 106 cm³/mol. The number of rotatable bonds is 6. The summed E-state index contributed by atoms with van der Waals surface area (Å²) in [5.41, 5.74) is 2.16. The first-order chi connectivity index (χ1) is 13.2. The van der Waals surface area contributed by atoms with E-state index in [1.54, 1.807) is 12.5 Å². The van der Waals surface area contributed by atoms with Crippen LogP contribution in [0.2, 0.25) is 0 Å². The van der Waals surface area contributed by atoms with E-state index in [4.69, 9.17) is 4.98 Å². The van der Waals surface area contributed by atoms with Crippen LogP contribution in [-0.2, 0) is 18.4 Å². The Morgan fingerprint density at radius 2 is 2.07 bits per heavy atom. The Balaban J connectivity index is 1.26. The fraction of sp³-hybridized carbons (Fsp3) is 0.450. The maximum Gasteiger partial charge on any atom is 0.223 e. The monoisotopic (exact) mass is 366 g/mol. The van der Waals surface area contributed by atoms with Gasteiger partial charge in [-0.15, -0.1) is 0 Å². The Hall–Kier alpha value is -2.83. The SMILES string of the molecule is Cn1c(N2CCC(C(=O)NCCCn3ccnc3)CC2)nc2ccccc21. The summed E-state index contributed by atoms with van der Waals surface area (Å²) in [4.78, 5) is 23.5. The minimum Gasteiger partial charge on any atom is -0.356 e. The second kappa shape index (κ2) is 7.82. The first-order valence-corrected chi connectivity index (χ1v) is 9.62. The van der Waals surface area contributed by atoms with Gasteiger partial charge in [-0.25, -0.2) is 9.97 Å². The molecule has 0 radical (unpaired) electrons. The van der Waals surface area contributed by atoms with Crippen LogP contribution in [0, 0.1) is 5.92 Å². The van der Waals surface area contributed by atoms with Crippen molar-refractivity contribution in [2.75, 3.05) is 24.5 Å². The number of piperidine rings is 1. The normalized spacial score (nSPS) is 15.4. The number of hydrogen-bond donors (Lipinski definition) is 1. The molecule has 0 unspecified atom stereocenters. The number of carbonyl (C=O) groups excluding carboxylic acids is 1. The number of carbonyl (C=O) groups is 1. The minimum atomic E-state index is 0.101. The highest BCUT2D eigenvalue weighted by Gasteiger charge is 2.26. The zero-order chi connectivity index (χ0) is 18.6. The van der Waals surface area contributed by atoms with E-state index in [2.05, 4.69) is 32.9 Å². The molecule has 3 aromatic rings. The summed E-state index contributed by atoms with van der Waals surface area (Å²) in [7, 11) is 2.06. The Bertz CT molecular complexity index is 892. The molecule has 0 spiro atoms. The van der Waals surface area contributed by atoms with Crippen LogP contribution in [0.5, 0.6) is 0 Å². The second-order valence-corrected chi connectivity index (χ2v) is 7.17. The summed E-state index contributed by atoms with van der Waals surface area (Å²) >= 11 is 0. The number of aromatic nitrogens is 4. The number of para-hydroxylation sites is 2. The predicted octanol–water partition coefficient (Wildman–Crippen LogP) is 2.19. The summed E-state index contributed by atoms with van der Waals surface area (Å²) in [5, 5.41) is 3.09. The molecule has 1 amide bonds. The molecule has 0 atom stereocenters. The van der Waals surface area contributed by atoms with Gasteiger partial charge in [-0.1, -0.05) is 12.1 Å². The number of imidazole rings is 2. The van der Waals surface area contributed by atoms with Crippen LogP contribution in [0.4, 0.5) is 5.95 Å². The number of fused-ring (bicyclic) bond motifs is 1. The van der Waals surface area contributed by atoms with Crippen molar-refractivity contribution in [2.24, 2.45) is 13.0 Å². The van der Waals surface area contributed by atoms with Gasteiger partial charge in [-0.3, -0.25) is 4.79 Å². The average molecular weight is 366 g/mol. The van der Waals surface area contributed by atoms with Crippen molar-refractivity contribution in [1.29, 1.82) is 0 Å². The van der Waals surface area contributed by atoms with E-state index < -0.39 is 0 Å². The Morgan fingerprint density at radius 3 is 2.81 bits per heavy atom. The largest absolute Gasteiger partial charge is 0.356 e. The number of nitrogens with zero attached hydrogens (tertiary/aromatic N) is 5. The third-order valence-electron chi connectivity index (χ3n) is 5.36. The average Bonchev–Trinajstić information content (AvgIpc) is 3.34. The maximum atomic E-state index is 12.4. The summed E-state index contributed by atoms with van der Waals surface area (Å²) in [6.45, 7) is 3.32. The number of nitrogens with one attached hydrogen (secondary N) is 1. The van der Waals surface area contributed by atoms with Crippen LogP contribution in [0.15, 0.2) is 43.0 Å². The highest BCUT2D eigenvalue weighted by molar-refractivity contribution is 5.80. The first kappa shape index (κ1) is 17.6. The molecule has 3 heterocycles. The molecule has 7 heteroatoms. The number of hydrogen-bond acceptors (Lipinski definition) is 4. The van der Waals surface area contributed by atoms with Crippen molar-refractivity contribution in [3.8, 4) is 0 Å². The van der Waals surface area contributed by atoms with E-state index in [-0.39, 0.29) is 11.8 Å². The van der Waals surface area contributed by atoms with Crippen LogP contribution in [-0.4, -0.2) is 44.6 Å². The van der Waals surface area contributed by atoms with E-state index in [9.17, 15) is 4.79 Å². The van der Waals surface area contributed by atoms with Gasteiger partial charge in [0.05, 0.1) is 17.4 Å². The standard InChI is InChI=1S/C20H26N6O/c1-24-18-6-3-2-5-17(18)23-20(24)26-12-7-16(8-13-26)19(27)22-9-4-11-25-14-10-21-15-25/h2-3,5-6,10,14-16H,4,7-9,11-13H2,1H3,(H,22,27). The van der Waals surface area contributed by atoms with Crippen LogP contribution >= 0.6 is 0 Å². The van der Waals surface area contributed by atoms with E-state index in [1.165, 1.54) is 0 Å². The highest BCUT2D eigenvalue weighted by atomic mass is 16.1. The van der Waals surface area contributed by atoms with E-state index in [0.717, 1.165) is 55.9 Å². The molecule has 4 rings (SSSR count). The van der Waals surface area contributed by atoms with Gasteiger partial charge < -0.3 is 19.4 Å². The quantitative estimate of drug-likeness (QED) is 0.679. The number of aryl methyl sites for hydroxylation is 2. The van der Waals surface area contributed by atoms with Gasteiger partial charge >= 0.3 is 0 Å². The molecule has 1 aliphatic heterocycles. The molecule has 0 bridgehead atoms. The summed E-state index contributed by atoms with van der Waals surface area (Å²) < 4.78 is 4.17. The Kier molecular flexibility index (Phi) is 5.09. The minimum absolute atomic E-state index is 0.101. The molecular formula is C20H26N6O. The molecule has 0 saturated carbocycles. The Labute approximate surface area is 159 Å². The lowest BCUT2D eigenvalue weighted by Crippen LogP contribution is -2.41. The molecule has 0 aliphatic carbocycles. The fourth-order valence-corrected chi connectivity index (χ4v) is 3.79. The lowest BCUT2D eigenvalue weighted by molar-refractivity contribution is -0.125. The van der Waals surface area contributed by atoms with Crippen LogP contribution in [0.25, 0.3) is 11.0 Å². The van der Waals surface area contributed by atoms with E-state index >= 15 is 0 Å². The molecular weight excluding hydrogens is 340 g/mol. The van der Waals surface area contributed by atoms with Crippen molar-refractivity contribution >= 4 is 22.9 Å². The molecule has 142 valence electrons. The summed E-state index contributed by atoms with van der Waals surface area (Å²) in [6, 6.07) is 8.19. The zero-order valence-corrected chi connectivity index (χ0v) is 15.7. The van der Waals surface area contributed by atoms with Gasteiger partial charge in [0.25, 0.3) is 0 Å². The summed E-state index contributed by atoms with van der Waals surface area (Å²) in [5.74, 6) is 1.28. The lowest BCUT2D eigenvalue weighted by atomic mass is 9.96. The zero-order valence-electron chi connectivity index (χ0n) is 15.7. The van der Waals surface area contributed by atoms with Gasteiger partial charge in [0.2, 0.25) is 11.9 Å². The van der Waals surface area contributed by atoms with Crippen LogP contribution in [0.1, 0.15) is 19.3 Å². The Morgan fingerprint density at radius 1 is 1.26 bits per heavy atom. The van der Waals surface area contributed by atoms with Gasteiger partial charge in [-0.05, 0) is 31.4 Å². The lowest BCUT2D eigenvalue weighted by Gasteiger charge is -2.32. The molecule has 7 nitrogen and oxygen atoms in total. The van der Waals surface area contributed by atoms with Gasteiger partial charge in [0, 0.05) is 51.5 Å². The van der Waals surface area contributed by atoms with Gasteiger partial charge in [-0.2, -0.15) is 0 Å². The maximum absolute atomic E-state index is 12.4. The molecule has 1 saturated heterocycles. The molecule has 2 aromatic heterocycles. The van der Waals surface area contributed by atoms with Gasteiger partial charge in [0.1, 0.15) is 0 Å². The highest BCUT2D eigenvalue weighted by Crippen LogP contribution is 2.25. The van der Waals surface area contributed by atoms with Crippen molar-refractivity contribution in [3.63, 3.8) is 0 Å². The topological polar surface area (TPSA) is 68.0 Å². The molecule has 1 fully saturated rings. The third kappa shape index (κ3) is 3.82. The third-order valence-corrected chi connectivity index (χ3v) is 5.36.